The number of piperidine rings is 1. The van der Waals surface area contributed by atoms with E-state index in [0.29, 0.717) is 23.9 Å². The maximum absolute atomic E-state index is 6.80. The normalized spacial score (nSPS) is 26.2. The van der Waals surface area contributed by atoms with Crippen LogP contribution in [0.25, 0.3) is 0 Å². The summed E-state index contributed by atoms with van der Waals surface area (Å²) in [6, 6.07) is 29.1. The molecule has 2 fully saturated rings. The third-order valence-electron chi connectivity index (χ3n) is 7.67. The van der Waals surface area contributed by atoms with Crippen LogP contribution in [0.4, 0.5) is 0 Å². The zero-order valence-electron chi connectivity index (χ0n) is 19.0. The van der Waals surface area contributed by atoms with Crippen molar-refractivity contribution in [2.45, 2.75) is 50.3 Å². The Morgan fingerprint density at radius 2 is 1.59 bits per heavy atom. The lowest BCUT2D eigenvalue weighted by Gasteiger charge is -2.43. The number of hydrogen-bond acceptors (Lipinski definition) is 2. The molecule has 2 nitrogen and oxygen atoms in total. The predicted molar refractivity (Wildman–Crippen MR) is 132 cm³/mol. The van der Waals surface area contributed by atoms with E-state index in [1.54, 1.807) is 0 Å². The van der Waals surface area contributed by atoms with Gasteiger partial charge in [0, 0.05) is 23.0 Å². The van der Waals surface area contributed by atoms with Crippen LogP contribution in [0.15, 0.2) is 78.9 Å². The standard InChI is InChI=1S/C29H32ClNO/c1-20-8-10-21(11-9-20)26-18-25-16-17-28(31(25)2)27(26)19-32-29(22-6-4-3-5-7-22)23-12-14-24(30)15-13-23/h3-15,25-29H,16-19H2,1-2H3/t25?,26?,27-,28?,29?/m1/s1. The fourth-order valence-corrected chi connectivity index (χ4v) is 5.99. The van der Waals surface area contributed by atoms with Crippen LogP contribution in [0.3, 0.4) is 0 Å². The van der Waals surface area contributed by atoms with Crippen LogP contribution in [0, 0.1) is 12.8 Å². The number of hydrogen-bond donors (Lipinski definition) is 0. The van der Waals surface area contributed by atoms with Gasteiger partial charge in [-0.05, 0) is 68.0 Å². The topological polar surface area (TPSA) is 12.5 Å². The quantitative estimate of drug-likeness (QED) is 0.404. The van der Waals surface area contributed by atoms with Gasteiger partial charge in [-0.25, -0.2) is 0 Å². The van der Waals surface area contributed by atoms with Crippen molar-refractivity contribution < 1.29 is 4.74 Å². The van der Waals surface area contributed by atoms with Crippen molar-refractivity contribution in [2.24, 2.45) is 5.92 Å². The Labute approximate surface area is 197 Å². The Hall–Kier alpha value is -2.13. The summed E-state index contributed by atoms with van der Waals surface area (Å²) in [5, 5.41) is 0.755. The highest BCUT2D eigenvalue weighted by atomic mass is 35.5. The lowest BCUT2D eigenvalue weighted by Crippen LogP contribution is -2.47. The molecule has 0 spiro atoms. The van der Waals surface area contributed by atoms with E-state index in [9.17, 15) is 0 Å². The van der Waals surface area contributed by atoms with Crippen molar-refractivity contribution >= 4 is 11.6 Å². The van der Waals surface area contributed by atoms with Gasteiger partial charge in [-0.15, -0.1) is 0 Å². The highest BCUT2D eigenvalue weighted by Crippen LogP contribution is 2.47. The van der Waals surface area contributed by atoms with Crippen LogP contribution < -0.4 is 0 Å². The third-order valence-corrected chi connectivity index (χ3v) is 7.92. The van der Waals surface area contributed by atoms with Gasteiger partial charge in [0.25, 0.3) is 0 Å². The minimum absolute atomic E-state index is 0.0865. The Bertz CT molecular complexity index is 1020. The maximum atomic E-state index is 6.80. The fourth-order valence-electron chi connectivity index (χ4n) is 5.86. The Balaban J connectivity index is 1.43. The molecule has 0 saturated carbocycles. The zero-order valence-corrected chi connectivity index (χ0v) is 19.7. The van der Waals surface area contributed by atoms with E-state index in [1.807, 2.05) is 12.1 Å². The van der Waals surface area contributed by atoms with Crippen molar-refractivity contribution in [1.29, 1.82) is 0 Å². The number of nitrogens with zero attached hydrogens (tertiary/aromatic N) is 1. The molecule has 0 aromatic heterocycles. The largest absolute Gasteiger partial charge is 0.368 e. The molecule has 2 aliphatic rings. The second kappa shape index (κ2) is 9.39. The zero-order chi connectivity index (χ0) is 22.1. The number of benzene rings is 3. The summed E-state index contributed by atoms with van der Waals surface area (Å²) in [4.78, 5) is 2.62. The molecule has 2 aliphatic heterocycles. The summed E-state index contributed by atoms with van der Waals surface area (Å²) < 4.78 is 6.80. The molecular weight excluding hydrogens is 414 g/mol. The summed E-state index contributed by atoms with van der Waals surface area (Å²) in [5.74, 6) is 1.03. The molecule has 3 aromatic carbocycles. The molecule has 2 heterocycles. The molecule has 4 unspecified atom stereocenters. The minimum Gasteiger partial charge on any atom is -0.368 e. The van der Waals surface area contributed by atoms with Gasteiger partial charge in [-0.3, -0.25) is 0 Å². The van der Waals surface area contributed by atoms with Crippen molar-refractivity contribution in [2.75, 3.05) is 13.7 Å². The molecular formula is C29H32ClNO. The second-order valence-electron chi connectivity index (χ2n) is 9.56. The van der Waals surface area contributed by atoms with Crippen LogP contribution in [0.1, 0.15) is 53.5 Å². The molecule has 5 atom stereocenters. The molecule has 2 bridgehead atoms. The molecule has 3 aromatic rings. The van der Waals surface area contributed by atoms with E-state index >= 15 is 0 Å². The molecule has 32 heavy (non-hydrogen) atoms. The number of rotatable bonds is 6. The van der Waals surface area contributed by atoms with Gasteiger partial charge in [0.15, 0.2) is 0 Å². The van der Waals surface area contributed by atoms with Gasteiger partial charge in [0.1, 0.15) is 6.10 Å². The number of halogens is 1. The van der Waals surface area contributed by atoms with E-state index in [2.05, 4.69) is 85.6 Å². The lowest BCUT2D eigenvalue weighted by molar-refractivity contribution is -0.00335. The van der Waals surface area contributed by atoms with E-state index in [4.69, 9.17) is 16.3 Å². The SMILES string of the molecule is Cc1ccc(C2CC3CCC([C@@H]2COC(c2ccccc2)c2ccc(Cl)cc2)N3C)cc1. The first-order valence-corrected chi connectivity index (χ1v) is 12.2. The van der Waals surface area contributed by atoms with Crippen molar-refractivity contribution in [1.82, 2.24) is 4.90 Å². The molecule has 5 rings (SSSR count). The van der Waals surface area contributed by atoms with Gasteiger partial charge in [0.05, 0.1) is 6.61 Å². The average Bonchev–Trinajstić information content (AvgIpc) is 3.06. The van der Waals surface area contributed by atoms with E-state index in [0.717, 1.165) is 17.2 Å². The smallest absolute Gasteiger partial charge is 0.108 e. The molecule has 0 N–H and O–H groups in total. The molecule has 0 amide bonds. The molecule has 3 heteroatoms. The summed E-state index contributed by atoms with van der Waals surface area (Å²) >= 11 is 6.17. The summed E-state index contributed by atoms with van der Waals surface area (Å²) in [6.07, 6.45) is 3.71. The van der Waals surface area contributed by atoms with Crippen LogP contribution >= 0.6 is 11.6 Å². The van der Waals surface area contributed by atoms with E-state index in [-0.39, 0.29) is 6.10 Å². The first kappa shape index (κ1) is 21.7. The fraction of sp³-hybridized carbons (Fsp3) is 0.379. The predicted octanol–water partition coefficient (Wildman–Crippen LogP) is 7.02. The van der Waals surface area contributed by atoms with E-state index in [1.165, 1.54) is 36.0 Å². The molecule has 0 radical (unpaired) electrons. The van der Waals surface area contributed by atoms with Gasteiger partial charge in [0.2, 0.25) is 0 Å². The van der Waals surface area contributed by atoms with E-state index < -0.39 is 0 Å². The number of ether oxygens (including phenoxy) is 1. The third kappa shape index (κ3) is 4.37. The van der Waals surface area contributed by atoms with Gasteiger partial charge < -0.3 is 9.64 Å². The summed E-state index contributed by atoms with van der Waals surface area (Å²) in [5.41, 5.74) is 5.14. The number of aryl methyl sites for hydroxylation is 1. The minimum atomic E-state index is -0.0865. The van der Waals surface area contributed by atoms with Crippen LogP contribution in [0.5, 0.6) is 0 Å². The van der Waals surface area contributed by atoms with Crippen LogP contribution in [0.2, 0.25) is 5.02 Å². The number of fused-ring (bicyclic) bond motifs is 2. The van der Waals surface area contributed by atoms with Crippen molar-refractivity contribution in [3.8, 4) is 0 Å². The Kier molecular flexibility index (Phi) is 6.37. The summed E-state index contributed by atoms with van der Waals surface area (Å²) in [7, 11) is 2.31. The molecule has 166 valence electrons. The molecule has 2 saturated heterocycles. The van der Waals surface area contributed by atoms with Crippen molar-refractivity contribution in [3.05, 3.63) is 106 Å². The van der Waals surface area contributed by atoms with Crippen LogP contribution in [-0.4, -0.2) is 30.6 Å². The first-order valence-electron chi connectivity index (χ1n) is 11.8. The van der Waals surface area contributed by atoms with Crippen LogP contribution in [-0.2, 0) is 4.74 Å². The Morgan fingerprint density at radius 1 is 0.906 bits per heavy atom. The van der Waals surface area contributed by atoms with Crippen molar-refractivity contribution in [3.63, 3.8) is 0 Å². The summed E-state index contributed by atoms with van der Waals surface area (Å²) in [6.45, 7) is 2.92. The monoisotopic (exact) mass is 445 g/mol. The van der Waals surface area contributed by atoms with Gasteiger partial charge in [-0.1, -0.05) is 83.9 Å². The Morgan fingerprint density at radius 3 is 2.31 bits per heavy atom. The maximum Gasteiger partial charge on any atom is 0.108 e. The van der Waals surface area contributed by atoms with Gasteiger partial charge >= 0.3 is 0 Å². The lowest BCUT2D eigenvalue weighted by atomic mass is 9.76. The molecule has 0 aliphatic carbocycles. The average molecular weight is 446 g/mol. The van der Waals surface area contributed by atoms with Gasteiger partial charge in [-0.2, -0.15) is 0 Å². The second-order valence-corrected chi connectivity index (χ2v) is 9.99. The highest BCUT2D eigenvalue weighted by molar-refractivity contribution is 6.30. The highest BCUT2D eigenvalue weighted by Gasteiger charge is 2.46. The first-order chi connectivity index (χ1) is 15.6.